The van der Waals surface area contributed by atoms with Gasteiger partial charge in [-0.1, -0.05) is 95.2 Å². The monoisotopic (exact) mass is 1340 g/mol. The summed E-state index contributed by atoms with van der Waals surface area (Å²) in [5.41, 5.74) is -1.44. The number of phenolic OH excluding ortho intramolecular Hbond substituents is 1. The summed E-state index contributed by atoms with van der Waals surface area (Å²) in [6, 6.07) is 3.58. The molecule has 7 heterocycles. The van der Waals surface area contributed by atoms with Crippen molar-refractivity contribution >= 4 is 17.7 Å². The second-order valence-corrected chi connectivity index (χ2v) is 31.6. The van der Waals surface area contributed by atoms with Gasteiger partial charge in [0.25, 0.3) is 0 Å². The standard InChI is InChI=1S/C76H126O19/c1-18-55(64-47(9)40-74(21-4,92-64)59-30-32-72(84,19-2)53(15)89-59)63(81)50(12)61(79)43(5)26-28-54-29-27-44(6)62(80)60(54)70(83)88-37-25-23-22-24-36-87-69(82)52(14)66(86-17)51(13)67-49(11)56(78)41-75(93-67)35-34-71(16,95-75)58-31-33-73(20-3,91-58)68-46(8)39-57(90-68)65-45(7)38-48(10)76(85,42-77)94-65/h27,29,43,45-53,55-59,61,64-68,77-80,84-85H,18-26,28,30-42H2,1-17H3/t43-,45+,46+,47+,48-,49-,50+,51+,52+,53+,55+,56+,57-,58-,59-,61+,64+,65+,66-,67+,68-,71+,72-,73+,74+,75-,76+/m0/s1. The van der Waals surface area contributed by atoms with E-state index in [0.29, 0.717) is 88.2 Å². The number of carbonyl (C=O) groups excluding carboxylic acids is 3. The van der Waals surface area contributed by atoms with E-state index in [1.165, 1.54) is 0 Å². The van der Waals surface area contributed by atoms with E-state index in [1.54, 1.807) is 33.9 Å². The van der Waals surface area contributed by atoms with Crippen LogP contribution in [-0.2, 0) is 63.4 Å². The second kappa shape index (κ2) is 32.0. The fourth-order valence-corrected chi connectivity index (χ4v) is 18.4. The van der Waals surface area contributed by atoms with Crippen LogP contribution in [0.4, 0.5) is 0 Å². The first-order valence-electron chi connectivity index (χ1n) is 37.1. The fraction of sp³-hybridized carbons (Fsp3) is 0.882. The normalized spacial score (nSPS) is 40.5. The van der Waals surface area contributed by atoms with Crippen LogP contribution in [0.15, 0.2) is 12.1 Å². The molecule has 0 bridgehead atoms. The number of esters is 2. The highest BCUT2D eigenvalue weighted by molar-refractivity contribution is 5.94. The molecular weight excluding hydrogens is 1220 g/mol. The molecular formula is C76H126O19. The Balaban J connectivity index is 0.762. The van der Waals surface area contributed by atoms with Gasteiger partial charge in [0.15, 0.2) is 11.6 Å². The molecule has 544 valence electrons. The van der Waals surface area contributed by atoms with Crippen molar-refractivity contribution in [3.63, 3.8) is 0 Å². The zero-order valence-corrected chi connectivity index (χ0v) is 61.0. The minimum atomic E-state index is -1.60. The number of methoxy groups -OCH3 is 1. The SMILES string of the molecule is CC[C@H](C(=O)[C@H](C)[C@H](O)[C@@H](C)CCc1ccc(C)c(O)c1C(=O)OCCCCCCOC(=O)[C@H](C)[C@@H](OC)[C@@H](C)[C@@H]1O[C@]2(CC[C@](C)([C@@H]3CC[C@](CC)([C@H]4O[C@H]([C@@H]5O[C@](O)(CO)[C@@H](C)C[C@H]5C)C[C@H]4C)O3)O2)C[C@@H](O)[C@@H]1C)[C@@H]1O[C@@](CC)([C@@H]2CC[C@@](O)(CC)[C@@H](C)O2)C[C@H]1C. The third-order valence-electron chi connectivity index (χ3n) is 25.2. The van der Waals surface area contributed by atoms with Crippen LogP contribution < -0.4 is 0 Å². The van der Waals surface area contributed by atoms with E-state index in [4.69, 9.17) is 47.4 Å². The maximum atomic E-state index is 14.4. The molecule has 8 rings (SSSR count). The van der Waals surface area contributed by atoms with Gasteiger partial charge < -0.3 is 78.0 Å². The van der Waals surface area contributed by atoms with Crippen LogP contribution in [0.1, 0.15) is 247 Å². The van der Waals surface area contributed by atoms with Crippen molar-refractivity contribution in [3.8, 4) is 5.75 Å². The first-order valence-corrected chi connectivity index (χ1v) is 37.1. The molecule has 1 aromatic rings. The number of carbonyl (C=O) groups is 3. The van der Waals surface area contributed by atoms with Gasteiger partial charge in [-0.25, -0.2) is 4.79 Å². The number of hydrogen-bond acceptors (Lipinski definition) is 19. The third-order valence-corrected chi connectivity index (χ3v) is 25.2. The molecule has 0 saturated carbocycles. The average Bonchev–Trinajstić information content (AvgIpc) is 1.61. The summed E-state index contributed by atoms with van der Waals surface area (Å²) in [6.45, 7) is 31.7. The molecule has 7 aliphatic rings. The predicted molar refractivity (Wildman–Crippen MR) is 359 cm³/mol. The van der Waals surface area contributed by atoms with Gasteiger partial charge in [0, 0.05) is 49.5 Å². The highest BCUT2D eigenvalue weighted by Gasteiger charge is 2.63. The Morgan fingerprint density at radius 3 is 2.04 bits per heavy atom. The zero-order valence-electron chi connectivity index (χ0n) is 61.0. The molecule has 0 unspecified atom stereocenters. The van der Waals surface area contributed by atoms with Crippen LogP contribution in [0, 0.1) is 66.1 Å². The molecule has 7 fully saturated rings. The number of rotatable bonds is 30. The highest BCUT2D eigenvalue weighted by Crippen LogP contribution is 2.56. The van der Waals surface area contributed by atoms with Crippen LogP contribution in [-0.4, -0.2) is 176 Å². The van der Waals surface area contributed by atoms with Crippen molar-refractivity contribution in [2.45, 2.75) is 340 Å². The third kappa shape index (κ3) is 16.2. The van der Waals surface area contributed by atoms with E-state index in [0.717, 1.165) is 51.4 Å². The molecule has 0 amide bonds. The average molecular weight is 1340 g/mol. The minimum Gasteiger partial charge on any atom is -0.507 e. The van der Waals surface area contributed by atoms with Gasteiger partial charge in [-0.05, 0) is 178 Å². The lowest BCUT2D eigenvalue weighted by atomic mass is 9.76. The summed E-state index contributed by atoms with van der Waals surface area (Å²) in [5, 5.41) is 67.1. The molecule has 27 atom stereocenters. The first-order chi connectivity index (χ1) is 44.8. The van der Waals surface area contributed by atoms with Crippen LogP contribution in [0.25, 0.3) is 0 Å². The molecule has 7 saturated heterocycles. The number of aryl methyl sites for hydroxylation is 2. The van der Waals surface area contributed by atoms with Crippen LogP contribution in [0.5, 0.6) is 5.75 Å². The number of Topliss-reactive ketones (excluding diaryl/α,β-unsaturated/α-hetero) is 1. The Bertz CT molecular complexity index is 2690. The van der Waals surface area contributed by atoms with Gasteiger partial charge in [0.05, 0.1) is 115 Å². The zero-order chi connectivity index (χ0) is 69.9. The molecule has 0 aromatic heterocycles. The lowest BCUT2D eigenvalue weighted by Gasteiger charge is -2.49. The molecule has 19 heteroatoms. The van der Waals surface area contributed by atoms with E-state index in [9.17, 15) is 45.0 Å². The number of ketones is 1. The van der Waals surface area contributed by atoms with E-state index in [1.807, 2.05) is 54.5 Å². The topological polar surface area (TPSA) is 265 Å². The molecule has 19 nitrogen and oxygen atoms in total. The van der Waals surface area contributed by atoms with Gasteiger partial charge in [-0.2, -0.15) is 0 Å². The van der Waals surface area contributed by atoms with Crippen molar-refractivity contribution in [1.82, 2.24) is 0 Å². The number of aliphatic hydroxyl groups excluding tert-OH is 3. The smallest absolute Gasteiger partial charge is 0.342 e. The van der Waals surface area contributed by atoms with Crippen molar-refractivity contribution in [1.29, 1.82) is 0 Å². The highest BCUT2D eigenvalue weighted by atomic mass is 16.7. The molecule has 7 aliphatic heterocycles. The van der Waals surface area contributed by atoms with Crippen molar-refractivity contribution in [2.75, 3.05) is 26.9 Å². The summed E-state index contributed by atoms with van der Waals surface area (Å²) in [6.07, 6.45) is 8.02. The van der Waals surface area contributed by atoms with Gasteiger partial charge in [-0.15, -0.1) is 0 Å². The second-order valence-electron chi connectivity index (χ2n) is 31.6. The maximum absolute atomic E-state index is 14.4. The van der Waals surface area contributed by atoms with E-state index < -0.39 is 94.7 Å². The molecule has 0 radical (unpaired) electrons. The Hall–Kier alpha value is -2.89. The number of benzene rings is 1. The maximum Gasteiger partial charge on any atom is 0.342 e. The number of ether oxygens (including phenoxy) is 10. The predicted octanol–water partition coefficient (Wildman–Crippen LogP) is 11.6. The van der Waals surface area contributed by atoms with Gasteiger partial charge in [0.2, 0.25) is 0 Å². The molecule has 1 spiro atoms. The first kappa shape index (κ1) is 77.8. The van der Waals surface area contributed by atoms with Crippen LogP contribution >= 0.6 is 0 Å². The Morgan fingerprint density at radius 2 is 1.41 bits per heavy atom. The lowest BCUT2D eigenvalue weighted by Crippen LogP contribution is -2.57. The van der Waals surface area contributed by atoms with E-state index in [2.05, 4.69) is 41.5 Å². The largest absolute Gasteiger partial charge is 0.507 e. The van der Waals surface area contributed by atoms with Gasteiger partial charge in [-0.3, -0.25) is 9.59 Å². The Morgan fingerprint density at radius 1 is 0.737 bits per heavy atom. The lowest BCUT2D eigenvalue weighted by molar-refractivity contribution is -0.336. The molecule has 1 aromatic carbocycles. The van der Waals surface area contributed by atoms with Crippen LogP contribution in [0.3, 0.4) is 0 Å². The molecule has 95 heavy (non-hydrogen) atoms. The van der Waals surface area contributed by atoms with E-state index >= 15 is 0 Å². The number of aliphatic hydroxyl groups is 5. The van der Waals surface area contributed by atoms with E-state index in [-0.39, 0.29) is 114 Å². The van der Waals surface area contributed by atoms with Gasteiger partial charge in [0.1, 0.15) is 17.1 Å². The van der Waals surface area contributed by atoms with Gasteiger partial charge >= 0.3 is 11.9 Å². The number of aromatic hydroxyl groups is 1. The van der Waals surface area contributed by atoms with Crippen molar-refractivity contribution < 1.29 is 92.4 Å². The quantitative estimate of drug-likeness (QED) is 0.0309. The van der Waals surface area contributed by atoms with Crippen LogP contribution in [0.2, 0.25) is 0 Å². The Kier molecular flexibility index (Phi) is 26.2. The fourth-order valence-electron chi connectivity index (χ4n) is 18.4. The number of hydrogen-bond donors (Lipinski definition) is 6. The number of phenols is 1. The number of unbranched alkanes of at least 4 members (excludes halogenated alkanes) is 3. The Labute approximate surface area is 568 Å². The summed E-state index contributed by atoms with van der Waals surface area (Å²) in [5.74, 6) is -6.31. The summed E-state index contributed by atoms with van der Waals surface area (Å²) in [4.78, 5) is 41.8. The summed E-state index contributed by atoms with van der Waals surface area (Å²) in [7, 11) is 1.59. The summed E-state index contributed by atoms with van der Waals surface area (Å²) < 4.78 is 65.6. The summed E-state index contributed by atoms with van der Waals surface area (Å²) >= 11 is 0. The molecule has 6 N–H and O–H groups in total. The minimum absolute atomic E-state index is 0.0295. The molecule has 0 aliphatic carbocycles. The van der Waals surface area contributed by atoms with Crippen molar-refractivity contribution in [3.05, 3.63) is 28.8 Å². The van der Waals surface area contributed by atoms with Crippen molar-refractivity contribution in [2.24, 2.45) is 59.2 Å².